The van der Waals surface area contributed by atoms with Crippen LogP contribution in [0.25, 0.3) is 16.8 Å². The Morgan fingerprint density at radius 2 is 1.85 bits per heavy atom. The number of allylic oxidation sites excluding steroid dienone is 1. The molecule has 1 saturated heterocycles. The Labute approximate surface area is 304 Å². The summed E-state index contributed by atoms with van der Waals surface area (Å²) >= 11 is 0. The van der Waals surface area contributed by atoms with Crippen molar-refractivity contribution in [3.05, 3.63) is 54.8 Å². The van der Waals surface area contributed by atoms with Gasteiger partial charge in [0.25, 0.3) is 5.91 Å². The SMILES string of the molecule is C=C[C@H]1C[C@]1(NC(=O)[C@@H]1C[C@@H]2CN1C(=O)C(C1CCCC1)CC(=O)OCCCCC/C=C/c1ccc3ccnc(c3c1)O2)C(=O)NS(=O)(=O)C1CC1. The van der Waals surface area contributed by atoms with Crippen LogP contribution in [0.15, 0.2) is 49.2 Å². The minimum absolute atomic E-state index is 0.0372. The maximum absolute atomic E-state index is 14.7. The number of hydrogen-bond donors (Lipinski definition) is 2. The number of nitrogens with one attached hydrogen (secondary N) is 2. The van der Waals surface area contributed by atoms with Crippen LogP contribution in [-0.2, 0) is 33.9 Å². The number of ether oxygens (including phenoxy) is 2. The number of sulfonamides is 1. The van der Waals surface area contributed by atoms with E-state index in [0.29, 0.717) is 18.7 Å². The zero-order valence-electron chi connectivity index (χ0n) is 29.5. The first kappa shape index (κ1) is 36.1. The highest BCUT2D eigenvalue weighted by molar-refractivity contribution is 7.91. The number of carbonyl (C=O) groups is 4. The molecule has 12 nitrogen and oxygen atoms in total. The molecular formula is C39H48N4O8S. The van der Waals surface area contributed by atoms with Gasteiger partial charge in [0.05, 0.1) is 30.7 Å². The number of nitrogens with zero attached hydrogens (tertiary/aromatic N) is 2. The van der Waals surface area contributed by atoms with Crippen LogP contribution in [0.1, 0.15) is 89.0 Å². The van der Waals surface area contributed by atoms with Crippen LogP contribution in [0.4, 0.5) is 0 Å². The maximum Gasteiger partial charge on any atom is 0.306 e. The van der Waals surface area contributed by atoms with Crippen LogP contribution in [-0.4, -0.2) is 78.1 Å². The summed E-state index contributed by atoms with van der Waals surface area (Å²) in [7, 11) is -3.87. The molecular weight excluding hydrogens is 685 g/mol. The van der Waals surface area contributed by atoms with Crippen molar-refractivity contribution >= 4 is 50.6 Å². The van der Waals surface area contributed by atoms with Gasteiger partial charge in [0, 0.05) is 23.9 Å². The average molecular weight is 733 g/mol. The lowest BCUT2D eigenvalue weighted by atomic mass is 9.86. The molecule has 7 rings (SSSR count). The molecule has 2 aromatic rings. The molecule has 2 aliphatic heterocycles. The van der Waals surface area contributed by atoms with E-state index in [1.165, 1.54) is 11.0 Å². The summed E-state index contributed by atoms with van der Waals surface area (Å²) in [6.07, 6.45) is 14.9. The third kappa shape index (κ3) is 7.74. The van der Waals surface area contributed by atoms with Crippen LogP contribution in [0.2, 0.25) is 0 Å². The van der Waals surface area contributed by atoms with Crippen LogP contribution in [0.5, 0.6) is 5.88 Å². The van der Waals surface area contributed by atoms with Crippen molar-refractivity contribution in [1.82, 2.24) is 19.9 Å². The normalized spacial score (nSPS) is 29.6. The number of fused-ring (bicyclic) bond motifs is 3. The van der Waals surface area contributed by atoms with Gasteiger partial charge in [-0.05, 0) is 86.8 Å². The van der Waals surface area contributed by atoms with E-state index in [4.69, 9.17) is 9.47 Å². The minimum Gasteiger partial charge on any atom is -0.472 e. The Kier molecular flexibility index (Phi) is 10.4. The number of amides is 3. The Hall–Kier alpha value is -4.26. The lowest BCUT2D eigenvalue weighted by molar-refractivity contribution is -0.152. The van der Waals surface area contributed by atoms with Crippen molar-refractivity contribution in [3.63, 3.8) is 0 Å². The highest BCUT2D eigenvalue weighted by atomic mass is 32.2. The van der Waals surface area contributed by atoms with E-state index in [0.717, 1.165) is 67.7 Å². The molecule has 3 aliphatic carbocycles. The van der Waals surface area contributed by atoms with Gasteiger partial charge >= 0.3 is 5.97 Å². The number of pyridine rings is 1. The molecule has 1 unspecified atom stereocenters. The average Bonchev–Trinajstić information content (AvgIpc) is 4.00. The van der Waals surface area contributed by atoms with Gasteiger partial charge in [-0.3, -0.25) is 23.9 Å². The molecule has 0 spiro atoms. The summed E-state index contributed by atoms with van der Waals surface area (Å²) in [6.45, 7) is 4.14. The lowest BCUT2D eigenvalue weighted by Crippen LogP contribution is -2.57. The predicted molar refractivity (Wildman–Crippen MR) is 194 cm³/mol. The maximum atomic E-state index is 14.7. The number of esters is 1. The smallest absolute Gasteiger partial charge is 0.306 e. The Morgan fingerprint density at radius 3 is 2.60 bits per heavy atom. The molecule has 5 aliphatic rings. The third-order valence-electron chi connectivity index (χ3n) is 11.4. The third-order valence-corrected chi connectivity index (χ3v) is 13.2. The van der Waals surface area contributed by atoms with Gasteiger partial charge in [0.15, 0.2) is 0 Å². The highest BCUT2D eigenvalue weighted by Gasteiger charge is 2.62. The fourth-order valence-corrected chi connectivity index (χ4v) is 9.49. The number of rotatable bonds is 7. The topological polar surface area (TPSA) is 161 Å². The van der Waals surface area contributed by atoms with E-state index in [1.54, 1.807) is 6.20 Å². The summed E-state index contributed by atoms with van der Waals surface area (Å²) in [6, 6.07) is 6.92. The summed E-state index contributed by atoms with van der Waals surface area (Å²) < 4.78 is 39.8. The Bertz CT molecular complexity index is 1870. The molecule has 4 bridgehead atoms. The van der Waals surface area contributed by atoms with Gasteiger partial charge in [0.2, 0.25) is 27.7 Å². The molecule has 278 valence electrons. The second-order valence-corrected chi connectivity index (χ2v) is 17.0. The first-order chi connectivity index (χ1) is 25.1. The largest absolute Gasteiger partial charge is 0.472 e. The highest BCUT2D eigenvalue weighted by Crippen LogP contribution is 2.46. The number of benzene rings is 1. The standard InChI is InChI=1S/C39H48N4O8S/c1-2-28-23-39(28,38(47)42-52(48,49)30-15-16-30)41-35(45)33-21-29-24-43(33)37(46)32(26-11-7-8-12-26)22-34(44)50-19-9-5-3-4-6-10-25-13-14-27-17-18-40-36(51-29)31(27)20-25/h2,6,10,13-14,17-18,20,26,28-30,32-33H,1,3-5,7-9,11-12,15-16,19,21-24H2,(H,41,45)(H,42,47)/b10-6+/t28-,29+,32?,33-,39+/m0/s1. The number of carbonyl (C=O) groups excluding carboxylic acids is 4. The Balaban J connectivity index is 1.20. The zero-order valence-corrected chi connectivity index (χ0v) is 30.3. The van der Waals surface area contributed by atoms with Crippen molar-refractivity contribution in [2.45, 2.75) is 106 Å². The van der Waals surface area contributed by atoms with Crippen molar-refractivity contribution < 1.29 is 37.1 Å². The van der Waals surface area contributed by atoms with Gasteiger partial charge in [-0.15, -0.1) is 6.58 Å². The zero-order chi connectivity index (χ0) is 36.5. The van der Waals surface area contributed by atoms with Crippen molar-refractivity contribution in [1.29, 1.82) is 0 Å². The van der Waals surface area contributed by atoms with Gasteiger partial charge in [-0.2, -0.15) is 0 Å². The minimum atomic E-state index is -3.87. The second-order valence-electron chi connectivity index (χ2n) is 15.1. The fraction of sp³-hybridized carbons (Fsp3) is 0.564. The molecule has 13 heteroatoms. The molecule has 1 aromatic heterocycles. The van der Waals surface area contributed by atoms with Crippen LogP contribution in [0, 0.1) is 17.8 Å². The molecule has 3 amide bonds. The van der Waals surface area contributed by atoms with Gasteiger partial charge in [-0.25, -0.2) is 13.4 Å². The Morgan fingerprint density at radius 1 is 1.04 bits per heavy atom. The first-order valence-corrected chi connectivity index (χ1v) is 20.3. The van der Waals surface area contributed by atoms with Crippen LogP contribution in [0.3, 0.4) is 0 Å². The fourth-order valence-electron chi connectivity index (χ4n) is 8.12. The van der Waals surface area contributed by atoms with Gasteiger partial charge < -0.3 is 19.7 Å². The molecule has 5 atom stereocenters. The van der Waals surface area contributed by atoms with Crippen molar-refractivity contribution in [3.8, 4) is 5.88 Å². The van der Waals surface area contributed by atoms with Gasteiger partial charge in [-0.1, -0.05) is 43.2 Å². The van der Waals surface area contributed by atoms with E-state index < -0.39 is 62.6 Å². The van der Waals surface area contributed by atoms with E-state index in [2.05, 4.69) is 33.8 Å². The summed E-state index contributed by atoms with van der Waals surface area (Å²) in [5.74, 6) is -2.97. The van der Waals surface area contributed by atoms with Crippen LogP contribution < -0.4 is 14.8 Å². The first-order valence-electron chi connectivity index (χ1n) is 18.8. The molecule has 1 aromatic carbocycles. The summed E-state index contributed by atoms with van der Waals surface area (Å²) in [4.78, 5) is 61.7. The van der Waals surface area contributed by atoms with E-state index in [1.807, 2.05) is 24.3 Å². The molecule has 0 radical (unpaired) electrons. The van der Waals surface area contributed by atoms with Gasteiger partial charge in [0.1, 0.15) is 17.7 Å². The van der Waals surface area contributed by atoms with E-state index in [9.17, 15) is 27.6 Å². The van der Waals surface area contributed by atoms with E-state index in [-0.39, 0.29) is 44.2 Å². The van der Waals surface area contributed by atoms with Crippen LogP contribution >= 0.6 is 0 Å². The number of cyclic esters (lactones) is 1. The second kappa shape index (κ2) is 15.0. The summed E-state index contributed by atoms with van der Waals surface area (Å²) in [5.41, 5.74) is -0.518. The van der Waals surface area contributed by atoms with Crippen molar-refractivity contribution in [2.24, 2.45) is 17.8 Å². The number of hydrogen-bond acceptors (Lipinski definition) is 9. The van der Waals surface area contributed by atoms with Crippen molar-refractivity contribution in [2.75, 3.05) is 13.2 Å². The molecule has 2 N–H and O–H groups in total. The predicted octanol–water partition coefficient (Wildman–Crippen LogP) is 4.58. The molecule has 52 heavy (non-hydrogen) atoms. The van der Waals surface area contributed by atoms with E-state index >= 15 is 0 Å². The summed E-state index contributed by atoms with van der Waals surface area (Å²) in [5, 5.41) is 3.97. The molecule has 3 heterocycles. The molecule has 4 fully saturated rings. The monoisotopic (exact) mass is 732 g/mol. The molecule has 3 saturated carbocycles. The number of aromatic nitrogens is 1. The lowest BCUT2D eigenvalue weighted by Gasteiger charge is -2.31. The quantitative estimate of drug-likeness (QED) is 0.307.